The Kier molecular flexibility index (Phi) is 8.34. The van der Waals surface area contributed by atoms with E-state index in [2.05, 4.69) is 84.0 Å². The molecule has 1 aliphatic rings. The molecule has 3 aromatic rings. The van der Waals surface area contributed by atoms with Gasteiger partial charge in [-0.2, -0.15) is 0 Å². The first kappa shape index (κ1) is 24.8. The molecule has 2 heterocycles. The molecule has 0 spiro atoms. The van der Waals surface area contributed by atoms with Gasteiger partial charge in [-0.1, -0.05) is 68.1 Å². The van der Waals surface area contributed by atoms with Crippen molar-refractivity contribution in [3.8, 4) is 0 Å². The van der Waals surface area contributed by atoms with Gasteiger partial charge in [0.2, 0.25) is 5.91 Å². The van der Waals surface area contributed by atoms with Gasteiger partial charge >= 0.3 is 0 Å². The molecule has 1 aromatic heterocycles. The summed E-state index contributed by atoms with van der Waals surface area (Å²) in [7, 11) is 4.14. The zero-order valence-electron chi connectivity index (χ0n) is 20.3. The number of nitrogens with zero attached hydrogens (tertiary/aromatic N) is 5. The highest BCUT2D eigenvalue weighted by Gasteiger charge is 2.26. The summed E-state index contributed by atoms with van der Waals surface area (Å²) in [5.41, 5.74) is 2.21. The van der Waals surface area contributed by atoms with Crippen LogP contribution < -0.4 is 4.90 Å². The van der Waals surface area contributed by atoms with E-state index in [0.717, 1.165) is 36.1 Å². The molecule has 2 atom stereocenters. The number of thioether (sulfide) groups is 2. The van der Waals surface area contributed by atoms with E-state index < -0.39 is 0 Å². The average molecular weight is 496 g/mol. The highest BCUT2D eigenvalue weighted by molar-refractivity contribution is 8.00. The number of carbonyl (C=O) groups is 1. The van der Waals surface area contributed by atoms with Gasteiger partial charge in [-0.3, -0.25) is 9.69 Å². The number of amides is 1. The molecule has 0 unspecified atom stereocenters. The smallest absolute Gasteiger partial charge is 0.237 e. The van der Waals surface area contributed by atoms with Gasteiger partial charge in [0.05, 0.1) is 24.0 Å². The van der Waals surface area contributed by atoms with Crippen molar-refractivity contribution in [2.45, 2.75) is 54.6 Å². The highest BCUT2D eigenvalue weighted by atomic mass is 32.2. The van der Waals surface area contributed by atoms with Crippen LogP contribution >= 0.6 is 23.5 Å². The predicted molar refractivity (Wildman–Crippen MR) is 142 cm³/mol. The summed E-state index contributed by atoms with van der Waals surface area (Å²) in [6.45, 7) is 5.82. The molecule has 34 heavy (non-hydrogen) atoms. The molecule has 6 nitrogen and oxygen atoms in total. The molecule has 0 saturated heterocycles. The Balaban J connectivity index is 1.57. The second kappa shape index (κ2) is 11.4. The number of anilines is 1. The van der Waals surface area contributed by atoms with E-state index in [9.17, 15) is 4.79 Å². The summed E-state index contributed by atoms with van der Waals surface area (Å²) in [6.07, 6.45) is 1.91. The minimum Gasteiger partial charge on any atom is -0.311 e. The van der Waals surface area contributed by atoms with E-state index in [1.54, 1.807) is 0 Å². The van der Waals surface area contributed by atoms with Gasteiger partial charge in [0.15, 0.2) is 11.0 Å². The lowest BCUT2D eigenvalue weighted by Crippen LogP contribution is -2.33. The normalized spacial score (nSPS) is 16.9. The predicted octanol–water partition coefficient (Wildman–Crippen LogP) is 5.35. The molecule has 1 aliphatic heterocycles. The monoisotopic (exact) mass is 495 g/mol. The third-order valence-electron chi connectivity index (χ3n) is 6.11. The number of carbonyl (C=O) groups excluding carboxylic acids is 1. The third kappa shape index (κ3) is 5.67. The maximum absolute atomic E-state index is 13.4. The largest absolute Gasteiger partial charge is 0.311 e. The van der Waals surface area contributed by atoms with E-state index in [4.69, 9.17) is 0 Å². The van der Waals surface area contributed by atoms with E-state index >= 15 is 0 Å². The Morgan fingerprint density at radius 1 is 1.15 bits per heavy atom. The molecule has 4 rings (SSSR count). The van der Waals surface area contributed by atoms with Gasteiger partial charge in [-0.25, -0.2) is 0 Å². The van der Waals surface area contributed by atoms with Crippen LogP contribution in [0.1, 0.15) is 44.1 Å². The number of rotatable bonds is 8. The highest BCUT2D eigenvalue weighted by Crippen LogP contribution is 2.37. The molecule has 0 bridgehead atoms. The van der Waals surface area contributed by atoms with Crippen molar-refractivity contribution in [3.05, 3.63) is 66.0 Å². The Morgan fingerprint density at radius 3 is 2.62 bits per heavy atom. The SMILES string of the molecule is CC[C@H](c1nnc(SCC(=O)N2CC[C@H](C)Sc3ccccc32)n1Cc1ccccc1)N(C)C. The van der Waals surface area contributed by atoms with Crippen molar-refractivity contribution in [1.82, 2.24) is 19.7 Å². The maximum Gasteiger partial charge on any atom is 0.237 e. The van der Waals surface area contributed by atoms with Crippen LogP contribution in [0, 0.1) is 0 Å². The topological polar surface area (TPSA) is 54.3 Å². The Morgan fingerprint density at radius 2 is 1.88 bits per heavy atom. The van der Waals surface area contributed by atoms with E-state index in [1.165, 1.54) is 22.2 Å². The Labute approximate surface area is 211 Å². The van der Waals surface area contributed by atoms with Crippen molar-refractivity contribution in [2.75, 3.05) is 31.3 Å². The van der Waals surface area contributed by atoms with Crippen LogP contribution in [-0.2, 0) is 11.3 Å². The van der Waals surface area contributed by atoms with Crippen LogP contribution in [0.4, 0.5) is 5.69 Å². The quantitative estimate of drug-likeness (QED) is 0.393. The summed E-state index contributed by atoms with van der Waals surface area (Å²) in [5, 5.41) is 10.4. The lowest BCUT2D eigenvalue weighted by molar-refractivity contribution is -0.116. The standard InChI is InChI=1S/C26H33N5OS2/c1-5-21(29(3)4)25-27-28-26(31(25)17-20-11-7-6-8-12-20)33-18-24(32)30-16-15-19(2)34-23-14-10-9-13-22(23)30/h6-14,19,21H,5,15-18H2,1-4H3/t19-,21+/m0/s1. The first-order valence-electron chi connectivity index (χ1n) is 11.8. The van der Waals surface area contributed by atoms with Gasteiger partial charge < -0.3 is 9.47 Å². The molecule has 0 radical (unpaired) electrons. The summed E-state index contributed by atoms with van der Waals surface area (Å²) in [6, 6.07) is 18.8. The van der Waals surface area contributed by atoms with Crippen LogP contribution in [0.2, 0.25) is 0 Å². The second-order valence-electron chi connectivity index (χ2n) is 8.82. The summed E-state index contributed by atoms with van der Waals surface area (Å²) < 4.78 is 2.18. The van der Waals surface area contributed by atoms with Crippen LogP contribution in [-0.4, -0.2) is 57.2 Å². The van der Waals surface area contributed by atoms with Crippen molar-refractivity contribution < 1.29 is 4.79 Å². The fourth-order valence-electron chi connectivity index (χ4n) is 4.30. The summed E-state index contributed by atoms with van der Waals surface area (Å²) in [5.74, 6) is 1.39. The van der Waals surface area contributed by atoms with Crippen molar-refractivity contribution in [1.29, 1.82) is 0 Å². The number of hydrogen-bond donors (Lipinski definition) is 0. The van der Waals surface area contributed by atoms with Gasteiger partial charge in [-0.05, 0) is 44.6 Å². The van der Waals surface area contributed by atoms with E-state index in [0.29, 0.717) is 17.5 Å². The van der Waals surface area contributed by atoms with Crippen molar-refractivity contribution in [3.63, 3.8) is 0 Å². The van der Waals surface area contributed by atoms with Gasteiger partial charge in [0.25, 0.3) is 0 Å². The Bertz CT molecular complexity index is 1100. The zero-order valence-corrected chi connectivity index (χ0v) is 22.0. The van der Waals surface area contributed by atoms with Gasteiger partial charge in [-0.15, -0.1) is 22.0 Å². The van der Waals surface area contributed by atoms with Crippen LogP contribution in [0.5, 0.6) is 0 Å². The van der Waals surface area contributed by atoms with Crippen molar-refractivity contribution in [2.24, 2.45) is 0 Å². The van der Waals surface area contributed by atoms with Crippen LogP contribution in [0.15, 0.2) is 64.6 Å². The molecular weight excluding hydrogens is 462 g/mol. The molecular formula is C26H33N5OS2. The molecule has 2 aromatic carbocycles. The van der Waals surface area contributed by atoms with Crippen LogP contribution in [0.25, 0.3) is 0 Å². The summed E-state index contributed by atoms with van der Waals surface area (Å²) in [4.78, 5) is 18.7. The molecule has 0 saturated carbocycles. The number of benzene rings is 2. The lowest BCUT2D eigenvalue weighted by Gasteiger charge is -2.24. The second-order valence-corrected chi connectivity index (χ2v) is 11.2. The molecule has 8 heteroatoms. The first-order valence-corrected chi connectivity index (χ1v) is 13.7. The maximum atomic E-state index is 13.4. The number of para-hydroxylation sites is 1. The minimum atomic E-state index is 0.114. The van der Waals surface area contributed by atoms with Gasteiger partial charge in [0, 0.05) is 16.7 Å². The molecule has 0 N–H and O–H groups in total. The molecule has 0 fully saturated rings. The number of fused-ring (bicyclic) bond motifs is 1. The van der Waals surface area contributed by atoms with E-state index in [1.807, 2.05) is 34.9 Å². The molecule has 0 aliphatic carbocycles. The third-order valence-corrected chi connectivity index (χ3v) is 8.30. The average Bonchev–Trinajstić information content (AvgIpc) is 3.12. The van der Waals surface area contributed by atoms with Crippen LogP contribution in [0.3, 0.4) is 0 Å². The van der Waals surface area contributed by atoms with E-state index in [-0.39, 0.29) is 11.9 Å². The minimum absolute atomic E-state index is 0.114. The molecule has 1 amide bonds. The Hall–Kier alpha value is -2.29. The van der Waals surface area contributed by atoms with Crippen molar-refractivity contribution >= 4 is 35.1 Å². The number of aromatic nitrogens is 3. The van der Waals surface area contributed by atoms with Gasteiger partial charge in [0.1, 0.15) is 0 Å². The number of hydrogen-bond acceptors (Lipinski definition) is 6. The fourth-order valence-corrected chi connectivity index (χ4v) is 6.23. The summed E-state index contributed by atoms with van der Waals surface area (Å²) >= 11 is 3.34. The molecule has 180 valence electrons. The zero-order chi connectivity index (χ0) is 24.1. The fraction of sp³-hybridized carbons (Fsp3) is 0.423. The first-order chi connectivity index (χ1) is 16.5. The lowest BCUT2D eigenvalue weighted by atomic mass is 10.2.